The minimum absolute atomic E-state index is 0.120. The molecule has 2 aromatic carbocycles. The second-order valence-electron chi connectivity index (χ2n) is 7.34. The van der Waals surface area contributed by atoms with Crippen molar-refractivity contribution in [2.24, 2.45) is 0 Å². The Morgan fingerprint density at radius 3 is 2.63 bits per heavy atom. The molecule has 0 spiro atoms. The highest BCUT2D eigenvalue weighted by molar-refractivity contribution is 6.36. The number of rotatable bonds is 3. The molecular weight excluding hydrogens is 398 g/mol. The van der Waals surface area contributed by atoms with Gasteiger partial charge in [0.25, 0.3) is 0 Å². The number of amides is 2. The molecule has 6 nitrogen and oxygen atoms in total. The summed E-state index contributed by atoms with van der Waals surface area (Å²) in [6.07, 6.45) is 3.90. The summed E-state index contributed by atoms with van der Waals surface area (Å²) in [7, 11) is 0. The molecule has 2 aromatic heterocycles. The summed E-state index contributed by atoms with van der Waals surface area (Å²) in [5, 5.41) is 3.38. The number of H-pyrrole nitrogens is 1. The first-order valence-electron chi connectivity index (χ1n) is 9.95. The van der Waals surface area contributed by atoms with Crippen molar-refractivity contribution < 1.29 is 4.79 Å². The van der Waals surface area contributed by atoms with Crippen LogP contribution < -0.4 is 5.32 Å². The van der Waals surface area contributed by atoms with Crippen LogP contribution in [0.1, 0.15) is 12.8 Å². The predicted octanol–water partition coefficient (Wildman–Crippen LogP) is 5.57. The molecule has 0 bridgehead atoms. The Morgan fingerprint density at radius 1 is 1.03 bits per heavy atom. The van der Waals surface area contributed by atoms with Crippen LogP contribution in [0.3, 0.4) is 0 Å². The van der Waals surface area contributed by atoms with E-state index in [9.17, 15) is 4.79 Å². The van der Waals surface area contributed by atoms with Gasteiger partial charge in [0.1, 0.15) is 5.82 Å². The fourth-order valence-corrected chi connectivity index (χ4v) is 4.00. The van der Waals surface area contributed by atoms with E-state index in [2.05, 4.69) is 20.3 Å². The van der Waals surface area contributed by atoms with Crippen LogP contribution in [0.25, 0.3) is 33.7 Å². The predicted molar refractivity (Wildman–Crippen MR) is 120 cm³/mol. The van der Waals surface area contributed by atoms with E-state index in [0.29, 0.717) is 22.2 Å². The number of hydrogen-bond donors (Lipinski definition) is 2. The smallest absolute Gasteiger partial charge is 0.321 e. The number of nitrogens with zero attached hydrogens (tertiary/aromatic N) is 3. The standard InChI is InChI=1S/C23H20ClN5O/c24-20-17(9-6-10-18(20)27-23(30)29-11-4-5-12-29)21-26-19-13-16(14-25-22(19)28-21)15-7-2-1-3-8-15/h1-3,6-10,13-14H,4-5,11-12H2,(H,27,30)(H,25,26,28). The average Bonchev–Trinajstić information content (AvgIpc) is 3.45. The average molecular weight is 418 g/mol. The van der Waals surface area contributed by atoms with E-state index >= 15 is 0 Å². The van der Waals surface area contributed by atoms with Crippen LogP contribution in [-0.4, -0.2) is 39.0 Å². The van der Waals surface area contributed by atoms with Gasteiger partial charge in [-0.3, -0.25) is 0 Å². The van der Waals surface area contributed by atoms with E-state index in [1.54, 1.807) is 11.0 Å². The number of anilines is 1. The molecule has 1 aliphatic rings. The van der Waals surface area contributed by atoms with E-state index in [1.807, 2.05) is 54.7 Å². The molecule has 0 atom stereocenters. The first-order chi connectivity index (χ1) is 14.7. The Bertz CT molecular complexity index is 1210. The van der Waals surface area contributed by atoms with Crippen molar-refractivity contribution in [1.82, 2.24) is 19.9 Å². The molecule has 5 rings (SSSR count). The second-order valence-corrected chi connectivity index (χ2v) is 7.72. The fraction of sp³-hybridized carbons (Fsp3) is 0.174. The number of fused-ring (bicyclic) bond motifs is 1. The van der Waals surface area contributed by atoms with Crippen LogP contribution >= 0.6 is 11.6 Å². The number of pyridine rings is 1. The van der Waals surface area contributed by atoms with E-state index in [0.717, 1.165) is 48.1 Å². The maximum atomic E-state index is 12.5. The van der Waals surface area contributed by atoms with Crippen molar-refractivity contribution in [1.29, 1.82) is 0 Å². The lowest BCUT2D eigenvalue weighted by molar-refractivity contribution is 0.222. The number of benzene rings is 2. The highest BCUT2D eigenvalue weighted by Gasteiger charge is 2.20. The molecule has 150 valence electrons. The molecule has 1 aliphatic heterocycles. The van der Waals surface area contributed by atoms with E-state index < -0.39 is 0 Å². The van der Waals surface area contributed by atoms with E-state index in [4.69, 9.17) is 11.6 Å². The van der Waals surface area contributed by atoms with Crippen molar-refractivity contribution in [3.8, 4) is 22.5 Å². The number of hydrogen-bond acceptors (Lipinski definition) is 3. The molecule has 1 fully saturated rings. The molecule has 7 heteroatoms. The molecule has 3 heterocycles. The van der Waals surface area contributed by atoms with Gasteiger partial charge in [0.05, 0.1) is 16.2 Å². The molecule has 1 saturated heterocycles. The largest absolute Gasteiger partial charge is 0.337 e. The first-order valence-corrected chi connectivity index (χ1v) is 10.3. The molecular formula is C23H20ClN5O. The minimum atomic E-state index is -0.120. The lowest BCUT2D eigenvalue weighted by atomic mass is 10.1. The van der Waals surface area contributed by atoms with Crippen molar-refractivity contribution in [3.63, 3.8) is 0 Å². The summed E-state index contributed by atoms with van der Waals surface area (Å²) >= 11 is 6.64. The third kappa shape index (κ3) is 3.50. The molecule has 30 heavy (non-hydrogen) atoms. The number of likely N-dealkylation sites (tertiary alicyclic amines) is 1. The number of imidazole rings is 1. The summed E-state index contributed by atoms with van der Waals surface area (Å²) in [5.41, 5.74) is 4.84. The van der Waals surface area contributed by atoms with Crippen molar-refractivity contribution in [2.45, 2.75) is 12.8 Å². The van der Waals surface area contributed by atoms with Gasteiger partial charge in [0, 0.05) is 30.4 Å². The van der Waals surface area contributed by atoms with Crippen LogP contribution in [-0.2, 0) is 0 Å². The Balaban J connectivity index is 1.47. The maximum absolute atomic E-state index is 12.5. The van der Waals surface area contributed by atoms with Gasteiger partial charge in [-0.1, -0.05) is 48.0 Å². The first kappa shape index (κ1) is 18.6. The molecule has 0 saturated carbocycles. The van der Waals surface area contributed by atoms with Gasteiger partial charge >= 0.3 is 6.03 Å². The number of aromatic nitrogens is 3. The van der Waals surface area contributed by atoms with Crippen molar-refractivity contribution >= 4 is 34.5 Å². The zero-order valence-electron chi connectivity index (χ0n) is 16.2. The number of halogens is 1. The summed E-state index contributed by atoms with van der Waals surface area (Å²) < 4.78 is 0. The van der Waals surface area contributed by atoms with Gasteiger partial charge in [0.15, 0.2) is 5.65 Å². The van der Waals surface area contributed by atoms with Gasteiger partial charge in [-0.15, -0.1) is 0 Å². The quantitative estimate of drug-likeness (QED) is 0.457. The van der Waals surface area contributed by atoms with Gasteiger partial charge in [-0.2, -0.15) is 0 Å². The lowest BCUT2D eigenvalue weighted by Crippen LogP contribution is -2.32. The van der Waals surface area contributed by atoms with Crippen LogP contribution in [0.2, 0.25) is 5.02 Å². The molecule has 4 aromatic rings. The monoisotopic (exact) mass is 417 g/mol. The lowest BCUT2D eigenvalue weighted by Gasteiger charge is -2.17. The fourth-order valence-electron chi connectivity index (χ4n) is 3.74. The molecule has 2 N–H and O–H groups in total. The van der Waals surface area contributed by atoms with Gasteiger partial charge in [-0.05, 0) is 36.6 Å². The highest BCUT2D eigenvalue weighted by atomic mass is 35.5. The number of carbonyl (C=O) groups is 1. The molecule has 0 radical (unpaired) electrons. The second kappa shape index (κ2) is 7.80. The normalized spacial score (nSPS) is 13.7. The summed E-state index contributed by atoms with van der Waals surface area (Å²) in [5.74, 6) is 0.616. The van der Waals surface area contributed by atoms with Crippen LogP contribution in [0.4, 0.5) is 10.5 Å². The molecule has 0 unspecified atom stereocenters. The Hall–Kier alpha value is -3.38. The Morgan fingerprint density at radius 2 is 1.83 bits per heavy atom. The number of urea groups is 1. The summed E-state index contributed by atoms with van der Waals surface area (Å²) in [4.78, 5) is 26.7. The highest BCUT2D eigenvalue weighted by Crippen LogP contribution is 2.34. The van der Waals surface area contributed by atoms with Crippen LogP contribution in [0.15, 0.2) is 60.8 Å². The van der Waals surface area contributed by atoms with Gasteiger partial charge in [-0.25, -0.2) is 14.8 Å². The van der Waals surface area contributed by atoms with Crippen molar-refractivity contribution in [2.75, 3.05) is 18.4 Å². The Kier molecular flexibility index (Phi) is 4.85. The van der Waals surface area contributed by atoms with Crippen LogP contribution in [0.5, 0.6) is 0 Å². The number of aromatic amines is 1. The molecule has 2 amide bonds. The maximum Gasteiger partial charge on any atom is 0.321 e. The van der Waals surface area contributed by atoms with E-state index in [-0.39, 0.29) is 6.03 Å². The van der Waals surface area contributed by atoms with Gasteiger partial charge < -0.3 is 15.2 Å². The van der Waals surface area contributed by atoms with Crippen molar-refractivity contribution in [3.05, 3.63) is 65.8 Å². The molecule has 0 aliphatic carbocycles. The summed E-state index contributed by atoms with van der Waals surface area (Å²) in [6, 6.07) is 17.5. The third-order valence-corrected chi connectivity index (χ3v) is 5.74. The number of carbonyl (C=O) groups excluding carboxylic acids is 1. The zero-order valence-corrected chi connectivity index (χ0v) is 17.0. The SMILES string of the molecule is O=C(Nc1cccc(-c2nc3ncc(-c4ccccc4)cc3[nH]2)c1Cl)N1CCCC1. The topological polar surface area (TPSA) is 73.9 Å². The zero-order chi connectivity index (χ0) is 20.5. The third-order valence-electron chi connectivity index (χ3n) is 5.33. The summed E-state index contributed by atoms with van der Waals surface area (Å²) in [6.45, 7) is 1.56. The Labute approximate surface area is 178 Å². The number of nitrogens with one attached hydrogen (secondary N) is 2. The minimum Gasteiger partial charge on any atom is -0.337 e. The van der Waals surface area contributed by atoms with Gasteiger partial charge in [0.2, 0.25) is 0 Å². The van der Waals surface area contributed by atoms with E-state index in [1.165, 1.54) is 0 Å². The van der Waals surface area contributed by atoms with Crippen LogP contribution in [0, 0.1) is 0 Å².